The van der Waals surface area contributed by atoms with E-state index < -0.39 is 10.0 Å². The van der Waals surface area contributed by atoms with Gasteiger partial charge in [-0.3, -0.25) is 0 Å². The molecule has 0 saturated heterocycles. The van der Waals surface area contributed by atoms with E-state index in [1.807, 2.05) is 0 Å². The Kier molecular flexibility index (Phi) is 6.55. The van der Waals surface area contributed by atoms with Crippen LogP contribution in [0.2, 0.25) is 0 Å². The number of sulfonamides is 1. The Morgan fingerprint density at radius 3 is 2.71 bits per heavy atom. The van der Waals surface area contributed by atoms with Gasteiger partial charge in [-0.05, 0) is 30.9 Å². The maximum Gasteiger partial charge on any atom is 0.243 e. The van der Waals surface area contributed by atoms with Gasteiger partial charge in [0.25, 0.3) is 0 Å². The lowest BCUT2D eigenvalue weighted by molar-refractivity contribution is 0.405. The predicted molar refractivity (Wildman–Crippen MR) is 81.3 cm³/mol. The second kappa shape index (κ2) is 7.71. The first-order valence-corrected chi connectivity index (χ1v) is 8.14. The van der Waals surface area contributed by atoms with Crippen LogP contribution in [-0.2, 0) is 10.0 Å². The predicted octanol–water partition coefficient (Wildman–Crippen LogP) is 1.17. The summed E-state index contributed by atoms with van der Waals surface area (Å²) in [5.41, 5.74) is 5.61. The summed E-state index contributed by atoms with van der Waals surface area (Å²) in [6.45, 7) is 0.256. The van der Waals surface area contributed by atoms with Gasteiger partial charge in [0, 0.05) is 18.8 Å². The second-order valence-electron chi connectivity index (χ2n) is 4.97. The topological polar surface area (TPSA) is 109 Å². The molecule has 6 nitrogen and oxygen atoms in total. The van der Waals surface area contributed by atoms with Crippen molar-refractivity contribution >= 4 is 22.4 Å². The van der Waals surface area contributed by atoms with Gasteiger partial charge in [-0.1, -0.05) is 12.8 Å². The Morgan fingerprint density at radius 1 is 1.48 bits per heavy atom. The highest BCUT2D eigenvalue weighted by Crippen LogP contribution is 2.28. The van der Waals surface area contributed by atoms with E-state index in [0.29, 0.717) is 0 Å². The number of hydrogen-bond acceptors (Lipinski definition) is 5. The van der Waals surface area contributed by atoms with E-state index in [4.69, 9.17) is 11.0 Å². The highest BCUT2D eigenvalue weighted by molar-refractivity contribution is 7.89. The highest BCUT2D eigenvalue weighted by Gasteiger charge is 2.29. The molecule has 1 aromatic heterocycles. The van der Waals surface area contributed by atoms with Crippen LogP contribution in [0.15, 0.2) is 23.2 Å². The lowest BCUT2D eigenvalue weighted by Gasteiger charge is -2.23. The standard InChI is InChI=1S/C13H18N4O2S.ClH/c14-8-11(10-4-1-2-5-10)17-20(18,19)13-6-3-7-16-12(13)9-15;/h3,6-7,10-11,17H,1-2,4-5,8,14H2;1H. The minimum absolute atomic E-state index is 0. The first kappa shape index (κ1) is 17.9. The number of nitrogens with two attached hydrogens (primary N) is 1. The van der Waals surface area contributed by atoms with E-state index in [2.05, 4.69) is 9.71 Å². The molecule has 0 spiro atoms. The molecule has 1 heterocycles. The lowest BCUT2D eigenvalue weighted by atomic mass is 9.99. The third kappa shape index (κ3) is 4.14. The fourth-order valence-electron chi connectivity index (χ4n) is 2.65. The quantitative estimate of drug-likeness (QED) is 0.842. The van der Waals surface area contributed by atoms with Crippen LogP contribution in [0.4, 0.5) is 0 Å². The van der Waals surface area contributed by atoms with Crippen LogP contribution in [0, 0.1) is 17.2 Å². The first-order chi connectivity index (χ1) is 9.58. The average Bonchev–Trinajstić information content (AvgIpc) is 2.98. The van der Waals surface area contributed by atoms with Crippen molar-refractivity contribution < 1.29 is 8.42 Å². The molecule has 0 bridgehead atoms. The van der Waals surface area contributed by atoms with Crippen molar-refractivity contribution in [3.63, 3.8) is 0 Å². The number of nitrogens with one attached hydrogen (secondary N) is 1. The average molecular weight is 331 g/mol. The summed E-state index contributed by atoms with van der Waals surface area (Å²) < 4.78 is 27.4. The third-order valence-electron chi connectivity index (χ3n) is 3.70. The molecule has 1 atom stereocenters. The number of rotatable bonds is 5. The van der Waals surface area contributed by atoms with E-state index in [0.717, 1.165) is 25.7 Å². The Balaban J connectivity index is 0.00000220. The summed E-state index contributed by atoms with van der Waals surface area (Å²) in [6.07, 6.45) is 5.60. The molecule has 1 aromatic rings. The van der Waals surface area contributed by atoms with Crippen LogP contribution in [0.5, 0.6) is 0 Å². The highest BCUT2D eigenvalue weighted by atomic mass is 35.5. The van der Waals surface area contributed by atoms with Crippen LogP contribution in [0.25, 0.3) is 0 Å². The summed E-state index contributed by atoms with van der Waals surface area (Å²) in [5.74, 6) is 0.275. The molecule has 1 saturated carbocycles. The van der Waals surface area contributed by atoms with Gasteiger partial charge in [-0.2, -0.15) is 5.26 Å². The van der Waals surface area contributed by atoms with Gasteiger partial charge in [0.1, 0.15) is 11.0 Å². The van der Waals surface area contributed by atoms with Crippen molar-refractivity contribution in [1.29, 1.82) is 5.26 Å². The van der Waals surface area contributed by atoms with Crippen LogP contribution in [-0.4, -0.2) is 26.0 Å². The van der Waals surface area contributed by atoms with Crippen molar-refractivity contribution in [2.24, 2.45) is 11.7 Å². The number of halogens is 1. The Bertz CT molecular complexity index is 609. The maximum absolute atomic E-state index is 12.4. The van der Waals surface area contributed by atoms with Crippen LogP contribution >= 0.6 is 12.4 Å². The van der Waals surface area contributed by atoms with Crippen LogP contribution in [0.3, 0.4) is 0 Å². The number of aromatic nitrogens is 1. The molecule has 1 aliphatic rings. The smallest absolute Gasteiger partial charge is 0.243 e. The number of nitriles is 1. The molecule has 116 valence electrons. The summed E-state index contributed by atoms with van der Waals surface area (Å²) in [5, 5.41) is 8.96. The van der Waals surface area contributed by atoms with E-state index in [1.165, 1.54) is 18.3 Å². The zero-order chi connectivity index (χ0) is 14.6. The second-order valence-corrected chi connectivity index (χ2v) is 6.65. The Morgan fingerprint density at radius 2 is 2.14 bits per heavy atom. The Labute approximate surface area is 131 Å². The summed E-state index contributed by atoms with van der Waals surface area (Å²) >= 11 is 0. The van der Waals surface area contributed by atoms with E-state index in [1.54, 1.807) is 6.07 Å². The van der Waals surface area contributed by atoms with Crippen LogP contribution < -0.4 is 10.5 Å². The van der Waals surface area contributed by atoms with Gasteiger partial charge in [-0.15, -0.1) is 12.4 Å². The van der Waals surface area contributed by atoms with E-state index in [-0.39, 0.29) is 41.5 Å². The molecular formula is C13H19ClN4O2S. The van der Waals surface area contributed by atoms with Crippen LogP contribution in [0.1, 0.15) is 31.4 Å². The zero-order valence-corrected chi connectivity index (χ0v) is 13.2. The number of nitrogens with zero attached hydrogens (tertiary/aromatic N) is 2. The van der Waals surface area contributed by atoms with Crippen molar-refractivity contribution in [2.75, 3.05) is 6.54 Å². The minimum atomic E-state index is -3.77. The molecule has 0 aliphatic heterocycles. The molecule has 1 aliphatic carbocycles. The fraction of sp³-hybridized carbons (Fsp3) is 0.538. The summed E-state index contributed by atoms with van der Waals surface area (Å²) in [7, 11) is -3.77. The first-order valence-electron chi connectivity index (χ1n) is 6.66. The minimum Gasteiger partial charge on any atom is -0.329 e. The Hall–Kier alpha value is -1.20. The van der Waals surface area contributed by atoms with Gasteiger partial charge >= 0.3 is 0 Å². The van der Waals surface area contributed by atoms with Gasteiger partial charge in [0.05, 0.1) is 0 Å². The largest absolute Gasteiger partial charge is 0.329 e. The van der Waals surface area contributed by atoms with Crippen molar-refractivity contribution in [3.05, 3.63) is 24.0 Å². The van der Waals surface area contributed by atoms with E-state index >= 15 is 0 Å². The van der Waals surface area contributed by atoms with E-state index in [9.17, 15) is 8.42 Å². The van der Waals surface area contributed by atoms with Gasteiger partial charge in [0.15, 0.2) is 5.69 Å². The third-order valence-corrected chi connectivity index (χ3v) is 5.22. The molecule has 8 heteroatoms. The lowest BCUT2D eigenvalue weighted by Crippen LogP contribution is -2.44. The summed E-state index contributed by atoms with van der Waals surface area (Å²) in [4.78, 5) is 3.70. The molecule has 2 rings (SSSR count). The molecule has 21 heavy (non-hydrogen) atoms. The zero-order valence-electron chi connectivity index (χ0n) is 11.5. The molecule has 3 N–H and O–H groups in total. The molecule has 0 radical (unpaired) electrons. The van der Waals surface area contributed by atoms with Crippen molar-refractivity contribution in [2.45, 2.75) is 36.6 Å². The molecule has 0 amide bonds. The fourth-order valence-corrected chi connectivity index (χ4v) is 4.08. The molecular weight excluding hydrogens is 312 g/mol. The SMILES string of the molecule is Cl.N#Cc1ncccc1S(=O)(=O)NC(CN)C1CCCC1. The molecule has 1 unspecified atom stereocenters. The van der Waals surface area contributed by atoms with Gasteiger partial charge in [0.2, 0.25) is 10.0 Å². The summed E-state index contributed by atoms with van der Waals surface area (Å²) in [6, 6.07) is 4.41. The number of pyridine rings is 1. The number of hydrogen-bond donors (Lipinski definition) is 2. The monoisotopic (exact) mass is 330 g/mol. The van der Waals surface area contributed by atoms with Crippen molar-refractivity contribution in [1.82, 2.24) is 9.71 Å². The molecule has 0 aromatic carbocycles. The molecule has 1 fully saturated rings. The normalized spacial score (nSPS) is 17.0. The maximum atomic E-state index is 12.4. The van der Waals surface area contributed by atoms with Gasteiger partial charge < -0.3 is 5.73 Å². The van der Waals surface area contributed by atoms with Crippen molar-refractivity contribution in [3.8, 4) is 6.07 Å². The van der Waals surface area contributed by atoms with Gasteiger partial charge in [-0.25, -0.2) is 18.1 Å².